The summed E-state index contributed by atoms with van der Waals surface area (Å²) in [6.45, 7) is 7.53. The van der Waals surface area contributed by atoms with Crippen molar-refractivity contribution in [2.45, 2.75) is 64.6 Å². The van der Waals surface area contributed by atoms with Crippen LogP contribution in [0.25, 0.3) is 0 Å². The minimum absolute atomic E-state index is 0.392. The zero-order valence-electron chi connectivity index (χ0n) is 17.7. The molecule has 4 nitrogen and oxygen atoms in total. The second-order valence-electron chi connectivity index (χ2n) is 8.77. The van der Waals surface area contributed by atoms with E-state index in [9.17, 15) is 4.21 Å². The van der Waals surface area contributed by atoms with Crippen LogP contribution >= 0.6 is 0 Å². The number of nitrogens with zero attached hydrogens (tertiary/aromatic N) is 2. The van der Waals surface area contributed by atoms with Gasteiger partial charge in [-0.15, -0.1) is 0 Å². The molecule has 5 heteroatoms. The molecule has 1 aromatic carbocycles. The van der Waals surface area contributed by atoms with Gasteiger partial charge in [0.05, 0.1) is 6.61 Å². The van der Waals surface area contributed by atoms with E-state index in [0.717, 1.165) is 69.1 Å². The summed E-state index contributed by atoms with van der Waals surface area (Å²) < 4.78 is 20.3. The molecule has 156 valence electrons. The molecule has 1 atom stereocenters. The van der Waals surface area contributed by atoms with Crippen LogP contribution in [0.4, 0.5) is 0 Å². The van der Waals surface area contributed by atoms with Crippen molar-refractivity contribution in [3.8, 4) is 5.75 Å². The maximum absolute atomic E-state index is 11.8. The summed E-state index contributed by atoms with van der Waals surface area (Å²) in [5.41, 5.74) is 7.22. The fraction of sp³-hybridized carbons (Fsp3) is 0.583. The minimum atomic E-state index is -0.598. The molecule has 3 aliphatic heterocycles. The number of aryl methyl sites for hydroxylation is 1. The van der Waals surface area contributed by atoms with Gasteiger partial charge in [0.15, 0.2) is 0 Å². The average Bonchev–Trinajstić information content (AvgIpc) is 3.36. The van der Waals surface area contributed by atoms with Crippen molar-refractivity contribution in [2.75, 3.05) is 24.7 Å². The van der Waals surface area contributed by atoms with Crippen LogP contribution in [0.15, 0.2) is 24.3 Å². The predicted octanol–water partition coefficient (Wildman–Crippen LogP) is 4.19. The van der Waals surface area contributed by atoms with Crippen LogP contribution in [0, 0.1) is 0 Å². The Kier molecular flexibility index (Phi) is 5.29. The van der Waals surface area contributed by atoms with Gasteiger partial charge in [-0.05, 0) is 55.0 Å². The molecule has 0 amide bonds. The van der Waals surface area contributed by atoms with Crippen LogP contribution in [0.3, 0.4) is 0 Å². The van der Waals surface area contributed by atoms with E-state index < -0.39 is 10.8 Å². The Hall–Kier alpha value is -1.59. The van der Waals surface area contributed by atoms with Crippen molar-refractivity contribution in [3.05, 3.63) is 52.3 Å². The SMILES string of the molecule is CCc1cc2c(n1C1CCS(=O)CC1)CCN(C(C)c1ccc3c(c1)OCC3)C2. The molecule has 0 bridgehead atoms. The highest BCUT2D eigenvalue weighted by Crippen LogP contribution is 2.36. The molecule has 1 fully saturated rings. The maximum atomic E-state index is 11.8. The quantitative estimate of drug-likeness (QED) is 0.755. The Morgan fingerprint density at radius 2 is 2.00 bits per heavy atom. The number of fused-ring (bicyclic) bond motifs is 2. The lowest BCUT2D eigenvalue weighted by molar-refractivity contribution is 0.188. The van der Waals surface area contributed by atoms with Gasteiger partial charge >= 0.3 is 0 Å². The Morgan fingerprint density at radius 3 is 2.79 bits per heavy atom. The van der Waals surface area contributed by atoms with Crippen LogP contribution in [0.1, 0.15) is 66.9 Å². The molecule has 0 radical (unpaired) electrons. The summed E-state index contributed by atoms with van der Waals surface area (Å²) in [4.78, 5) is 2.61. The molecule has 0 aliphatic carbocycles. The van der Waals surface area contributed by atoms with Crippen LogP contribution < -0.4 is 4.74 Å². The van der Waals surface area contributed by atoms with Gasteiger partial charge in [-0.25, -0.2) is 0 Å². The maximum Gasteiger partial charge on any atom is 0.122 e. The lowest BCUT2D eigenvalue weighted by Gasteiger charge is -2.35. The molecule has 3 aliphatic rings. The molecular formula is C24H32N2O2S. The highest BCUT2D eigenvalue weighted by atomic mass is 32.2. The van der Waals surface area contributed by atoms with E-state index in [0.29, 0.717) is 12.1 Å². The van der Waals surface area contributed by atoms with Gasteiger partial charge in [-0.3, -0.25) is 9.11 Å². The number of benzene rings is 1. The van der Waals surface area contributed by atoms with Gasteiger partial charge in [0.1, 0.15) is 5.75 Å². The number of rotatable bonds is 4. The van der Waals surface area contributed by atoms with Gasteiger partial charge in [-0.1, -0.05) is 19.1 Å². The van der Waals surface area contributed by atoms with E-state index in [-0.39, 0.29) is 0 Å². The Bertz CT molecular complexity index is 925. The first kappa shape index (κ1) is 19.4. The zero-order valence-corrected chi connectivity index (χ0v) is 18.5. The molecule has 1 unspecified atom stereocenters. The van der Waals surface area contributed by atoms with E-state index >= 15 is 0 Å². The molecule has 0 saturated carbocycles. The molecule has 5 rings (SSSR count). The number of hydrogen-bond acceptors (Lipinski definition) is 3. The van der Waals surface area contributed by atoms with E-state index in [1.54, 1.807) is 5.69 Å². The summed E-state index contributed by atoms with van der Waals surface area (Å²) >= 11 is 0. The van der Waals surface area contributed by atoms with Crippen LogP contribution in [-0.4, -0.2) is 38.3 Å². The summed E-state index contributed by atoms with van der Waals surface area (Å²) in [5, 5.41) is 0. The second kappa shape index (κ2) is 7.92. The van der Waals surface area contributed by atoms with Crippen molar-refractivity contribution in [1.82, 2.24) is 9.47 Å². The summed E-state index contributed by atoms with van der Waals surface area (Å²) in [7, 11) is -0.598. The number of hydrogen-bond donors (Lipinski definition) is 0. The van der Waals surface area contributed by atoms with E-state index in [2.05, 4.69) is 47.6 Å². The lowest BCUT2D eigenvalue weighted by Crippen LogP contribution is -2.34. The van der Waals surface area contributed by atoms with Crippen LogP contribution in [-0.2, 0) is 36.6 Å². The Labute approximate surface area is 176 Å². The van der Waals surface area contributed by atoms with Crippen LogP contribution in [0.2, 0.25) is 0 Å². The molecule has 2 aromatic rings. The first-order valence-electron chi connectivity index (χ1n) is 11.2. The normalized spacial score (nSPS) is 25.3. The van der Waals surface area contributed by atoms with E-state index in [1.807, 2.05) is 0 Å². The van der Waals surface area contributed by atoms with Crippen molar-refractivity contribution >= 4 is 10.8 Å². The number of ether oxygens (including phenoxy) is 1. The number of aromatic nitrogens is 1. The molecule has 0 N–H and O–H groups in total. The average molecular weight is 413 g/mol. The van der Waals surface area contributed by atoms with Crippen molar-refractivity contribution in [3.63, 3.8) is 0 Å². The Morgan fingerprint density at radius 1 is 1.17 bits per heavy atom. The van der Waals surface area contributed by atoms with Crippen molar-refractivity contribution < 1.29 is 8.95 Å². The second-order valence-corrected chi connectivity index (χ2v) is 10.5. The first-order chi connectivity index (χ1) is 14.1. The summed E-state index contributed by atoms with van der Waals surface area (Å²) in [5.74, 6) is 2.82. The van der Waals surface area contributed by atoms with Crippen LogP contribution in [0.5, 0.6) is 5.75 Å². The molecule has 0 spiro atoms. The van der Waals surface area contributed by atoms with E-state index in [4.69, 9.17) is 4.74 Å². The predicted molar refractivity (Wildman–Crippen MR) is 118 cm³/mol. The van der Waals surface area contributed by atoms with Gasteiger partial charge in [0.25, 0.3) is 0 Å². The van der Waals surface area contributed by atoms with Gasteiger partial charge in [0.2, 0.25) is 0 Å². The zero-order chi connectivity index (χ0) is 20.0. The largest absolute Gasteiger partial charge is 0.493 e. The molecule has 4 heterocycles. The first-order valence-corrected chi connectivity index (χ1v) is 12.7. The van der Waals surface area contributed by atoms with E-state index in [1.165, 1.54) is 22.4 Å². The Balaban J connectivity index is 1.37. The third kappa shape index (κ3) is 3.57. The third-order valence-electron chi connectivity index (χ3n) is 7.16. The monoisotopic (exact) mass is 412 g/mol. The highest BCUT2D eigenvalue weighted by Gasteiger charge is 2.30. The fourth-order valence-corrected chi connectivity index (χ4v) is 6.67. The lowest BCUT2D eigenvalue weighted by atomic mass is 10.00. The smallest absolute Gasteiger partial charge is 0.122 e. The van der Waals surface area contributed by atoms with Gasteiger partial charge in [-0.2, -0.15) is 0 Å². The fourth-order valence-electron chi connectivity index (χ4n) is 5.40. The van der Waals surface area contributed by atoms with Crippen molar-refractivity contribution in [2.24, 2.45) is 0 Å². The third-order valence-corrected chi connectivity index (χ3v) is 8.54. The summed E-state index contributed by atoms with van der Waals surface area (Å²) in [6, 6.07) is 10.2. The van der Waals surface area contributed by atoms with Gasteiger partial charge in [0, 0.05) is 71.7 Å². The minimum Gasteiger partial charge on any atom is -0.493 e. The molecular weight excluding hydrogens is 380 g/mol. The topological polar surface area (TPSA) is 34.5 Å². The summed E-state index contributed by atoms with van der Waals surface area (Å²) in [6.07, 6.45) is 5.36. The molecule has 29 heavy (non-hydrogen) atoms. The highest BCUT2D eigenvalue weighted by molar-refractivity contribution is 7.85. The standard InChI is InChI=1S/C24H32N2O2S/c1-3-21-14-20-16-25(17(2)19-5-4-18-7-11-28-24(18)15-19)10-6-23(20)26(21)22-8-12-29(27)13-9-22/h4-5,14-15,17,22H,3,6-13,16H2,1-2H3. The molecule has 1 aromatic heterocycles. The molecule has 1 saturated heterocycles. The van der Waals surface area contributed by atoms with Crippen molar-refractivity contribution in [1.29, 1.82) is 0 Å². The van der Waals surface area contributed by atoms with Gasteiger partial charge < -0.3 is 9.30 Å².